The monoisotopic (exact) mass is 356 g/mol. The average molecular weight is 356 g/mol. The van der Waals surface area contributed by atoms with Crippen LogP contribution in [0.1, 0.15) is 16.7 Å². The van der Waals surface area contributed by atoms with Crippen molar-refractivity contribution in [2.45, 2.75) is 19.5 Å². The van der Waals surface area contributed by atoms with Crippen LogP contribution in [-0.2, 0) is 19.5 Å². The second-order valence-electron chi connectivity index (χ2n) is 7.17. The van der Waals surface area contributed by atoms with E-state index in [9.17, 15) is 0 Å². The van der Waals surface area contributed by atoms with E-state index in [0.29, 0.717) is 0 Å². The first-order valence-electron chi connectivity index (χ1n) is 9.54. The van der Waals surface area contributed by atoms with Gasteiger partial charge in [0.1, 0.15) is 6.67 Å². The van der Waals surface area contributed by atoms with Crippen LogP contribution in [0.5, 0.6) is 0 Å². The van der Waals surface area contributed by atoms with Crippen molar-refractivity contribution in [3.8, 4) is 0 Å². The van der Waals surface area contributed by atoms with E-state index >= 15 is 0 Å². The van der Waals surface area contributed by atoms with Crippen molar-refractivity contribution < 1.29 is 0 Å². The molecule has 3 heteroatoms. The summed E-state index contributed by atoms with van der Waals surface area (Å²) in [6.45, 7) is 4.99. The van der Waals surface area contributed by atoms with E-state index in [4.69, 9.17) is 0 Å². The summed E-state index contributed by atoms with van der Waals surface area (Å²) in [5.41, 5.74) is 6.57. The van der Waals surface area contributed by atoms with Gasteiger partial charge in [-0.25, -0.2) is 0 Å². The Morgan fingerprint density at radius 3 is 2.26 bits per heavy atom. The lowest BCUT2D eigenvalue weighted by Gasteiger charge is -2.19. The van der Waals surface area contributed by atoms with E-state index in [0.717, 1.165) is 26.1 Å². The van der Waals surface area contributed by atoms with E-state index in [2.05, 4.69) is 108 Å². The van der Waals surface area contributed by atoms with Gasteiger partial charge in [0, 0.05) is 19.6 Å². The summed E-state index contributed by atoms with van der Waals surface area (Å²) < 4.78 is 0. The molecule has 0 atom stereocenters. The van der Waals surface area contributed by atoms with E-state index in [1.165, 1.54) is 28.1 Å². The van der Waals surface area contributed by atoms with Crippen molar-refractivity contribution in [1.82, 2.24) is 4.90 Å². The maximum atomic E-state index is 3.49. The van der Waals surface area contributed by atoms with Crippen LogP contribution in [0.4, 0.5) is 11.4 Å². The van der Waals surface area contributed by atoms with Gasteiger partial charge in [0.15, 0.2) is 0 Å². The summed E-state index contributed by atoms with van der Waals surface area (Å²) in [6, 6.07) is 27.9. The smallest absolute Gasteiger partial charge is 0.139 e. The highest BCUT2D eigenvalue weighted by atomic mass is 15.3. The Bertz CT molecular complexity index is 861. The summed E-state index contributed by atoms with van der Waals surface area (Å²) in [4.78, 5) is 4.68. The Labute approximate surface area is 162 Å². The molecule has 0 fully saturated rings. The predicted molar refractivity (Wildman–Crippen MR) is 113 cm³/mol. The van der Waals surface area contributed by atoms with Crippen LogP contribution >= 0.6 is 0 Å². The number of hydrogen-bond acceptors (Lipinski definition) is 3. The lowest BCUT2D eigenvalue weighted by atomic mass is 10.1. The van der Waals surface area contributed by atoms with Crippen molar-refractivity contribution in [3.05, 3.63) is 102 Å². The molecular formula is C24H26N3. The molecular weight excluding hydrogens is 330 g/mol. The number of benzene rings is 3. The summed E-state index contributed by atoms with van der Waals surface area (Å²) in [5, 5.41) is 3.49. The van der Waals surface area contributed by atoms with E-state index in [1.54, 1.807) is 0 Å². The molecule has 3 aromatic rings. The first-order valence-corrected chi connectivity index (χ1v) is 9.54. The van der Waals surface area contributed by atoms with Crippen LogP contribution in [0.2, 0.25) is 0 Å². The minimum Gasteiger partial charge on any atom is -0.360 e. The van der Waals surface area contributed by atoms with Gasteiger partial charge in [-0.2, -0.15) is 0 Å². The highest BCUT2D eigenvalue weighted by molar-refractivity contribution is 5.80. The molecule has 1 radical (unpaired) electrons. The number of fused-ring (bicyclic) bond motifs is 1. The molecule has 1 N–H and O–H groups in total. The Morgan fingerprint density at radius 1 is 0.815 bits per heavy atom. The van der Waals surface area contributed by atoms with Crippen LogP contribution in [0.15, 0.2) is 78.9 Å². The number of nitrogens with one attached hydrogen (secondary N) is 1. The molecule has 0 amide bonds. The summed E-state index contributed by atoms with van der Waals surface area (Å²) in [7, 11) is 2.19. The van der Waals surface area contributed by atoms with Gasteiger partial charge < -0.3 is 15.1 Å². The zero-order valence-corrected chi connectivity index (χ0v) is 15.8. The van der Waals surface area contributed by atoms with Crippen LogP contribution in [0.3, 0.4) is 0 Å². The minimum atomic E-state index is 0.887. The summed E-state index contributed by atoms with van der Waals surface area (Å²) >= 11 is 0. The minimum absolute atomic E-state index is 0.887. The predicted octanol–water partition coefficient (Wildman–Crippen LogP) is 4.91. The fourth-order valence-electron chi connectivity index (χ4n) is 3.61. The second-order valence-corrected chi connectivity index (χ2v) is 7.17. The molecule has 0 aromatic heterocycles. The molecule has 137 valence electrons. The molecule has 3 nitrogen and oxygen atoms in total. The Morgan fingerprint density at radius 2 is 1.52 bits per heavy atom. The summed E-state index contributed by atoms with van der Waals surface area (Å²) in [5.74, 6) is 0. The molecule has 1 aliphatic heterocycles. The van der Waals surface area contributed by atoms with Gasteiger partial charge in [-0.3, -0.25) is 0 Å². The zero-order chi connectivity index (χ0) is 18.5. The maximum absolute atomic E-state index is 3.49. The number of anilines is 2. The van der Waals surface area contributed by atoms with Crippen LogP contribution in [0, 0.1) is 6.67 Å². The number of para-hydroxylation sites is 1. The Hall–Kier alpha value is -2.78. The van der Waals surface area contributed by atoms with Crippen molar-refractivity contribution >= 4 is 11.4 Å². The largest absolute Gasteiger partial charge is 0.360 e. The number of hydrogen-bond donors (Lipinski definition) is 1. The number of likely N-dealkylation sites (N-methyl/N-ethyl adjacent to an activating group) is 1. The van der Waals surface area contributed by atoms with Crippen molar-refractivity contribution in [2.75, 3.05) is 23.8 Å². The molecule has 0 saturated heterocycles. The van der Waals surface area contributed by atoms with Gasteiger partial charge in [0.05, 0.1) is 11.4 Å². The van der Waals surface area contributed by atoms with Gasteiger partial charge in [-0.15, -0.1) is 0 Å². The molecule has 27 heavy (non-hydrogen) atoms. The number of nitrogens with zero attached hydrogens (tertiary/aromatic N) is 2. The fraction of sp³-hybridized carbons (Fsp3) is 0.208. The topological polar surface area (TPSA) is 18.5 Å². The van der Waals surface area contributed by atoms with E-state index < -0.39 is 0 Å². The van der Waals surface area contributed by atoms with Gasteiger partial charge >= 0.3 is 0 Å². The lowest BCUT2D eigenvalue weighted by molar-refractivity contribution is 0.331. The third kappa shape index (κ3) is 4.32. The van der Waals surface area contributed by atoms with E-state index in [1.807, 2.05) is 0 Å². The van der Waals surface area contributed by atoms with Gasteiger partial charge in [0.25, 0.3) is 0 Å². The van der Waals surface area contributed by atoms with Crippen molar-refractivity contribution in [2.24, 2.45) is 0 Å². The summed E-state index contributed by atoms with van der Waals surface area (Å²) in [6.07, 6.45) is 1.03. The average Bonchev–Trinajstić information content (AvgIpc) is 3.11. The standard InChI is InChI=1S/C24H26N3/c1-26(17-20-9-4-2-5-10-20)16-15-22-13-8-14-23-24(22)25-19-27(23)18-21-11-6-3-7-12-21/h2-14,19,25H,15-18H2,1H3. The molecule has 0 unspecified atom stereocenters. The molecule has 1 aliphatic rings. The highest BCUT2D eigenvalue weighted by Gasteiger charge is 2.21. The molecule has 0 saturated carbocycles. The normalized spacial score (nSPS) is 12.9. The highest BCUT2D eigenvalue weighted by Crippen LogP contribution is 2.37. The first-order chi connectivity index (χ1) is 13.3. The third-order valence-corrected chi connectivity index (χ3v) is 5.06. The van der Waals surface area contributed by atoms with E-state index in [-0.39, 0.29) is 0 Å². The van der Waals surface area contributed by atoms with Gasteiger partial charge in [-0.1, -0.05) is 72.8 Å². The molecule has 0 aliphatic carbocycles. The Kier molecular flexibility index (Phi) is 5.40. The van der Waals surface area contributed by atoms with Crippen LogP contribution in [0.25, 0.3) is 0 Å². The van der Waals surface area contributed by atoms with Crippen LogP contribution < -0.4 is 10.2 Å². The third-order valence-electron chi connectivity index (χ3n) is 5.06. The lowest BCUT2D eigenvalue weighted by Crippen LogP contribution is -2.20. The number of rotatable bonds is 7. The molecule has 1 heterocycles. The van der Waals surface area contributed by atoms with Crippen LogP contribution in [-0.4, -0.2) is 18.5 Å². The van der Waals surface area contributed by atoms with Gasteiger partial charge in [-0.05, 0) is 36.2 Å². The SMILES string of the molecule is CN(CCc1cccc2c1N[CH]N2Cc1ccccc1)Cc1ccccc1. The molecule has 3 aromatic carbocycles. The quantitative estimate of drug-likeness (QED) is 0.649. The molecule has 0 spiro atoms. The van der Waals surface area contributed by atoms with Crippen molar-refractivity contribution in [3.63, 3.8) is 0 Å². The first kappa shape index (κ1) is 17.6. The Balaban J connectivity index is 1.40. The van der Waals surface area contributed by atoms with Crippen molar-refractivity contribution in [1.29, 1.82) is 0 Å². The fourth-order valence-corrected chi connectivity index (χ4v) is 3.61. The zero-order valence-electron chi connectivity index (χ0n) is 15.8. The van der Waals surface area contributed by atoms with Gasteiger partial charge in [0.2, 0.25) is 0 Å². The molecule has 4 rings (SSSR count). The maximum Gasteiger partial charge on any atom is 0.139 e. The second kappa shape index (κ2) is 8.28. The molecule has 0 bridgehead atoms.